The normalized spacial score (nSPS) is 11.2. The zero-order chi connectivity index (χ0) is 12.8. The number of nitrogens with one attached hydrogen (secondary N) is 1. The van der Waals surface area contributed by atoms with E-state index in [1.54, 1.807) is 11.8 Å². The molecule has 0 saturated carbocycles. The van der Waals surface area contributed by atoms with Crippen LogP contribution in [0.5, 0.6) is 0 Å². The van der Waals surface area contributed by atoms with Crippen LogP contribution in [0, 0.1) is 0 Å². The summed E-state index contributed by atoms with van der Waals surface area (Å²) in [6.07, 6.45) is 3.96. The average molecular weight is 287 g/mol. The minimum atomic E-state index is 0.686. The standard InChI is InChI=1S/C12H15ClN2S2/c1-15(2)12(17-3)8-11(16)14-10-6-4-9(13)5-7-10/h4-8H,1-3H3,(H,14,16). The smallest absolute Gasteiger partial charge is 0.106 e. The van der Waals surface area contributed by atoms with E-state index in [1.807, 2.05) is 55.6 Å². The fourth-order valence-corrected chi connectivity index (χ4v) is 2.23. The third-order valence-electron chi connectivity index (χ3n) is 2.02. The Kier molecular flexibility index (Phi) is 5.82. The number of hydrogen-bond donors (Lipinski definition) is 1. The van der Waals surface area contributed by atoms with Gasteiger partial charge in [0.05, 0.1) is 5.03 Å². The molecule has 1 N–H and O–H groups in total. The highest BCUT2D eigenvalue weighted by Gasteiger charge is 2.00. The average Bonchev–Trinajstić information content (AvgIpc) is 2.28. The number of rotatable bonds is 4. The molecule has 1 rings (SSSR count). The Labute approximate surface area is 117 Å². The zero-order valence-electron chi connectivity index (χ0n) is 10.0. The van der Waals surface area contributed by atoms with Gasteiger partial charge in [0.2, 0.25) is 0 Å². The van der Waals surface area contributed by atoms with Crippen molar-refractivity contribution >= 4 is 46.3 Å². The first-order chi connectivity index (χ1) is 8.02. The van der Waals surface area contributed by atoms with Gasteiger partial charge >= 0.3 is 0 Å². The number of hydrogen-bond acceptors (Lipinski definition) is 3. The Morgan fingerprint density at radius 3 is 2.41 bits per heavy atom. The van der Waals surface area contributed by atoms with Crippen LogP contribution in [-0.2, 0) is 0 Å². The summed E-state index contributed by atoms with van der Waals surface area (Å²) in [6, 6.07) is 7.46. The van der Waals surface area contributed by atoms with Crippen LogP contribution >= 0.6 is 35.6 Å². The van der Waals surface area contributed by atoms with Gasteiger partial charge in [0.15, 0.2) is 0 Å². The fraction of sp³-hybridized carbons (Fsp3) is 0.250. The lowest BCUT2D eigenvalue weighted by Crippen LogP contribution is -2.13. The quantitative estimate of drug-likeness (QED) is 0.668. The van der Waals surface area contributed by atoms with Crippen molar-refractivity contribution in [2.75, 3.05) is 25.7 Å². The minimum absolute atomic E-state index is 0.686. The largest absolute Gasteiger partial charge is 0.372 e. The van der Waals surface area contributed by atoms with Crippen LogP contribution in [0.1, 0.15) is 0 Å². The SMILES string of the molecule is CSC(=CC(=S)Nc1ccc(Cl)cc1)N(C)C. The van der Waals surface area contributed by atoms with E-state index in [-0.39, 0.29) is 0 Å². The van der Waals surface area contributed by atoms with Gasteiger partial charge in [-0.2, -0.15) is 0 Å². The summed E-state index contributed by atoms with van der Waals surface area (Å²) in [7, 11) is 3.99. The van der Waals surface area contributed by atoms with Crippen molar-refractivity contribution in [1.29, 1.82) is 0 Å². The number of nitrogens with zero attached hydrogens (tertiary/aromatic N) is 1. The Bertz CT molecular complexity index is 413. The summed E-state index contributed by atoms with van der Waals surface area (Å²) in [6.45, 7) is 0. The molecule has 0 aliphatic carbocycles. The summed E-state index contributed by atoms with van der Waals surface area (Å²) < 4.78 is 0. The van der Waals surface area contributed by atoms with E-state index in [1.165, 1.54) is 0 Å². The van der Waals surface area contributed by atoms with Gasteiger partial charge in [0, 0.05) is 30.9 Å². The highest BCUT2D eigenvalue weighted by Crippen LogP contribution is 2.16. The van der Waals surface area contributed by atoms with Gasteiger partial charge in [-0.1, -0.05) is 23.8 Å². The molecule has 1 aromatic carbocycles. The third-order valence-corrected chi connectivity index (χ3v) is 3.39. The maximum Gasteiger partial charge on any atom is 0.106 e. The first-order valence-corrected chi connectivity index (χ1v) is 7.03. The van der Waals surface area contributed by atoms with E-state index in [2.05, 4.69) is 5.32 Å². The van der Waals surface area contributed by atoms with Crippen LogP contribution in [0.4, 0.5) is 5.69 Å². The van der Waals surface area contributed by atoms with E-state index >= 15 is 0 Å². The van der Waals surface area contributed by atoms with Gasteiger partial charge in [0.1, 0.15) is 4.99 Å². The van der Waals surface area contributed by atoms with Crippen LogP contribution in [0.3, 0.4) is 0 Å². The first kappa shape index (κ1) is 14.4. The molecule has 0 aliphatic heterocycles. The van der Waals surface area contributed by atoms with Gasteiger partial charge in [-0.25, -0.2) is 0 Å². The zero-order valence-corrected chi connectivity index (χ0v) is 12.4. The van der Waals surface area contributed by atoms with Crippen LogP contribution < -0.4 is 5.32 Å². The Morgan fingerprint density at radius 1 is 1.35 bits per heavy atom. The number of benzene rings is 1. The predicted molar refractivity (Wildman–Crippen MR) is 83.0 cm³/mol. The molecule has 0 unspecified atom stereocenters. The fourth-order valence-electron chi connectivity index (χ4n) is 1.19. The van der Waals surface area contributed by atoms with E-state index < -0.39 is 0 Å². The third kappa shape index (κ3) is 4.98. The highest BCUT2D eigenvalue weighted by atomic mass is 35.5. The molecule has 0 bridgehead atoms. The Morgan fingerprint density at radius 2 is 1.94 bits per heavy atom. The lowest BCUT2D eigenvalue weighted by atomic mass is 10.3. The topological polar surface area (TPSA) is 15.3 Å². The van der Waals surface area contributed by atoms with Crippen molar-refractivity contribution in [3.05, 3.63) is 40.4 Å². The predicted octanol–water partition coefficient (Wildman–Crippen LogP) is 3.85. The molecule has 0 aromatic heterocycles. The number of halogens is 1. The highest BCUT2D eigenvalue weighted by molar-refractivity contribution is 8.02. The molecule has 0 radical (unpaired) electrons. The van der Waals surface area contributed by atoms with E-state index in [9.17, 15) is 0 Å². The van der Waals surface area contributed by atoms with Crippen molar-refractivity contribution in [3.8, 4) is 0 Å². The Balaban J connectivity index is 2.69. The molecule has 0 atom stereocenters. The van der Waals surface area contributed by atoms with Gasteiger partial charge in [-0.3, -0.25) is 0 Å². The van der Waals surface area contributed by atoms with Crippen molar-refractivity contribution < 1.29 is 0 Å². The van der Waals surface area contributed by atoms with E-state index in [0.29, 0.717) is 4.99 Å². The van der Waals surface area contributed by atoms with Crippen molar-refractivity contribution in [2.24, 2.45) is 0 Å². The molecular formula is C12H15ClN2S2. The summed E-state index contributed by atoms with van der Waals surface area (Å²) in [5.74, 6) is 0. The molecule has 1 aromatic rings. The number of thiocarbonyl (C=S) groups is 1. The second-order valence-corrected chi connectivity index (χ2v) is 5.28. The Hall–Kier alpha value is -0.710. The van der Waals surface area contributed by atoms with Crippen LogP contribution in [0.2, 0.25) is 5.02 Å². The summed E-state index contributed by atoms with van der Waals surface area (Å²) in [5, 5.41) is 4.97. The number of thioether (sulfide) groups is 1. The van der Waals surface area contributed by atoms with E-state index in [0.717, 1.165) is 15.7 Å². The molecule has 5 heteroatoms. The summed E-state index contributed by atoms with van der Waals surface area (Å²) >= 11 is 12.7. The molecule has 92 valence electrons. The molecule has 0 amide bonds. The molecule has 0 aliphatic rings. The molecular weight excluding hydrogens is 272 g/mol. The van der Waals surface area contributed by atoms with Crippen LogP contribution in [0.15, 0.2) is 35.4 Å². The molecule has 17 heavy (non-hydrogen) atoms. The first-order valence-electron chi connectivity index (χ1n) is 5.02. The lowest BCUT2D eigenvalue weighted by molar-refractivity contribution is 0.551. The van der Waals surface area contributed by atoms with Crippen molar-refractivity contribution in [2.45, 2.75) is 0 Å². The van der Waals surface area contributed by atoms with Crippen molar-refractivity contribution in [3.63, 3.8) is 0 Å². The number of anilines is 1. The maximum absolute atomic E-state index is 5.81. The molecule has 0 spiro atoms. The summed E-state index contributed by atoms with van der Waals surface area (Å²) in [4.78, 5) is 2.71. The van der Waals surface area contributed by atoms with Gasteiger partial charge < -0.3 is 10.2 Å². The van der Waals surface area contributed by atoms with Gasteiger partial charge in [0.25, 0.3) is 0 Å². The molecule has 0 fully saturated rings. The monoisotopic (exact) mass is 286 g/mol. The van der Waals surface area contributed by atoms with Crippen molar-refractivity contribution in [1.82, 2.24) is 4.90 Å². The second-order valence-electron chi connectivity index (χ2n) is 3.58. The molecule has 0 saturated heterocycles. The minimum Gasteiger partial charge on any atom is -0.372 e. The lowest BCUT2D eigenvalue weighted by Gasteiger charge is -2.15. The second kappa shape index (κ2) is 6.89. The van der Waals surface area contributed by atoms with Gasteiger partial charge in [-0.05, 0) is 30.5 Å². The maximum atomic E-state index is 5.81. The molecule has 0 heterocycles. The van der Waals surface area contributed by atoms with E-state index in [4.69, 9.17) is 23.8 Å². The van der Waals surface area contributed by atoms with Crippen LogP contribution in [0.25, 0.3) is 0 Å². The molecule has 2 nitrogen and oxygen atoms in total. The summed E-state index contributed by atoms with van der Waals surface area (Å²) in [5.41, 5.74) is 0.940. The van der Waals surface area contributed by atoms with Crippen LogP contribution in [-0.4, -0.2) is 30.2 Å². The van der Waals surface area contributed by atoms with Gasteiger partial charge in [-0.15, -0.1) is 11.8 Å².